The number of carbonyl (C=O) groups is 1. The van der Waals surface area contributed by atoms with Crippen LogP contribution < -0.4 is 15.4 Å². The number of anilines is 1. The fraction of sp³-hybridized carbons (Fsp3) is 0.500. The van der Waals surface area contributed by atoms with E-state index in [0.29, 0.717) is 11.3 Å². The highest BCUT2D eigenvalue weighted by Crippen LogP contribution is 2.37. The van der Waals surface area contributed by atoms with E-state index in [4.69, 9.17) is 10.5 Å². The van der Waals surface area contributed by atoms with Gasteiger partial charge in [0.05, 0.1) is 13.2 Å². The first-order chi connectivity index (χ1) is 9.06. The van der Waals surface area contributed by atoms with Gasteiger partial charge in [-0.05, 0) is 31.9 Å². The van der Waals surface area contributed by atoms with Crippen LogP contribution in [-0.2, 0) is 4.79 Å². The van der Waals surface area contributed by atoms with Crippen LogP contribution in [0.2, 0.25) is 0 Å². The van der Waals surface area contributed by atoms with Gasteiger partial charge in [0.25, 0.3) is 0 Å². The molecule has 1 aliphatic rings. The van der Waals surface area contributed by atoms with Gasteiger partial charge in [-0.1, -0.05) is 6.07 Å². The Morgan fingerprint density at radius 3 is 2.89 bits per heavy atom. The van der Waals surface area contributed by atoms with Crippen LogP contribution in [0.25, 0.3) is 0 Å². The molecule has 1 heterocycles. The molecule has 1 aromatic carbocycles. The zero-order chi connectivity index (χ0) is 14.0. The number of rotatable bonds is 4. The Morgan fingerprint density at radius 1 is 1.58 bits per heavy atom. The second kappa shape index (κ2) is 5.48. The molecule has 1 unspecified atom stereocenters. The number of aliphatic hydroxyl groups excluding tert-OH is 1. The Morgan fingerprint density at radius 2 is 2.32 bits per heavy atom. The molecule has 104 valence electrons. The minimum atomic E-state index is -0.666. The first-order valence-corrected chi connectivity index (χ1v) is 6.47. The van der Waals surface area contributed by atoms with Crippen molar-refractivity contribution in [2.45, 2.75) is 31.9 Å². The quantitative estimate of drug-likeness (QED) is 0.857. The molecule has 1 amide bonds. The van der Waals surface area contributed by atoms with Gasteiger partial charge in [-0.3, -0.25) is 4.79 Å². The molecule has 1 fully saturated rings. The number of ether oxygens (including phenoxy) is 1. The molecule has 19 heavy (non-hydrogen) atoms. The second-order valence-corrected chi connectivity index (χ2v) is 4.82. The molecule has 1 aliphatic heterocycles. The van der Waals surface area contributed by atoms with Gasteiger partial charge in [0.2, 0.25) is 5.91 Å². The lowest BCUT2D eigenvalue weighted by Gasteiger charge is -2.28. The van der Waals surface area contributed by atoms with Gasteiger partial charge in [-0.25, -0.2) is 0 Å². The summed E-state index contributed by atoms with van der Waals surface area (Å²) in [6, 6.07) is 5.26. The minimum absolute atomic E-state index is 0.301. The first-order valence-electron chi connectivity index (χ1n) is 6.47. The van der Waals surface area contributed by atoms with E-state index in [0.717, 1.165) is 25.1 Å². The summed E-state index contributed by atoms with van der Waals surface area (Å²) in [4.78, 5) is 13.5. The topological polar surface area (TPSA) is 75.8 Å². The largest absolute Gasteiger partial charge is 0.496 e. The molecular weight excluding hydrogens is 244 g/mol. The first kappa shape index (κ1) is 13.7. The zero-order valence-electron chi connectivity index (χ0n) is 11.3. The summed E-state index contributed by atoms with van der Waals surface area (Å²) in [6.45, 7) is 2.46. The molecule has 2 rings (SSSR count). The smallest absolute Gasteiger partial charge is 0.240 e. The van der Waals surface area contributed by atoms with Crippen LogP contribution in [0.15, 0.2) is 18.2 Å². The molecule has 0 bridgehead atoms. The highest BCUT2D eigenvalue weighted by molar-refractivity contribution is 5.85. The van der Waals surface area contributed by atoms with Gasteiger partial charge < -0.3 is 20.5 Å². The average Bonchev–Trinajstić information content (AvgIpc) is 2.86. The van der Waals surface area contributed by atoms with E-state index in [1.165, 1.54) is 0 Å². The molecule has 5 heteroatoms. The van der Waals surface area contributed by atoms with Crippen LogP contribution >= 0.6 is 0 Å². The van der Waals surface area contributed by atoms with E-state index in [1.54, 1.807) is 20.1 Å². The van der Waals surface area contributed by atoms with Crippen molar-refractivity contribution in [3.05, 3.63) is 23.8 Å². The Balaban J connectivity index is 2.46. The van der Waals surface area contributed by atoms with Crippen molar-refractivity contribution in [3.63, 3.8) is 0 Å². The van der Waals surface area contributed by atoms with Crippen LogP contribution in [0.3, 0.4) is 0 Å². The molecule has 2 atom stereocenters. The van der Waals surface area contributed by atoms with Crippen LogP contribution in [0.4, 0.5) is 5.69 Å². The van der Waals surface area contributed by atoms with Crippen molar-refractivity contribution in [2.24, 2.45) is 5.73 Å². The summed E-state index contributed by atoms with van der Waals surface area (Å²) >= 11 is 0. The molecule has 0 spiro atoms. The fourth-order valence-electron chi connectivity index (χ4n) is 2.73. The normalized spacial score (nSPS) is 20.4. The maximum atomic E-state index is 11.5. The predicted molar refractivity (Wildman–Crippen MR) is 73.2 cm³/mol. The van der Waals surface area contributed by atoms with Crippen LogP contribution in [0.5, 0.6) is 5.75 Å². The Bertz CT molecular complexity index is 474. The highest BCUT2D eigenvalue weighted by Gasteiger charge is 2.31. The van der Waals surface area contributed by atoms with Gasteiger partial charge in [0, 0.05) is 17.8 Å². The van der Waals surface area contributed by atoms with Gasteiger partial charge in [-0.2, -0.15) is 0 Å². The van der Waals surface area contributed by atoms with Crippen LogP contribution in [-0.4, -0.2) is 30.7 Å². The number of primary amides is 1. The molecule has 0 radical (unpaired) electrons. The molecule has 5 nitrogen and oxygen atoms in total. The van der Waals surface area contributed by atoms with Crippen LogP contribution in [0, 0.1) is 0 Å². The SMILES string of the molecule is COc1cccc(N2CCCC2C(N)=O)c1[C@H](C)O. The number of nitrogens with two attached hydrogens (primary N) is 1. The Kier molecular flexibility index (Phi) is 3.95. The van der Waals surface area contributed by atoms with Crippen molar-refractivity contribution in [3.8, 4) is 5.75 Å². The van der Waals surface area contributed by atoms with E-state index >= 15 is 0 Å². The molecule has 3 N–H and O–H groups in total. The molecule has 0 aliphatic carbocycles. The lowest BCUT2D eigenvalue weighted by Crippen LogP contribution is -2.40. The highest BCUT2D eigenvalue weighted by atomic mass is 16.5. The van der Waals surface area contributed by atoms with Gasteiger partial charge >= 0.3 is 0 Å². The van der Waals surface area contributed by atoms with E-state index in [-0.39, 0.29) is 11.9 Å². The zero-order valence-corrected chi connectivity index (χ0v) is 11.3. The summed E-state index contributed by atoms with van der Waals surface area (Å²) < 4.78 is 5.30. The van der Waals surface area contributed by atoms with Crippen molar-refractivity contribution in [1.82, 2.24) is 0 Å². The van der Waals surface area contributed by atoms with Crippen molar-refractivity contribution in [2.75, 3.05) is 18.6 Å². The monoisotopic (exact) mass is 264 g/mol. The maximum Gasteiger partial charge on any atom is 0.240 e. The summed E-state index contributed by atoms with van der Waals surface area (Å²) in [5, 5.41) is 9.98. The predicted octanol–water partition coefficient (Wildman–Crippen LogP) is 1.20. The molecule has 1 aromatic rings. The molecule has 0 saturated carbocycles. The summed E-state index contributed by atoms with van der Waals surface area (Å²) in [5.41, 5.74) is 6.98. The number of carbonyl (C=O) groups excluding carboxylic acids is 1. The summed E-state index contributed by atoms with van der Waals surface area (Å²) in [6.07, 6.45) is 1.01. The van der Waals surface area contributed by atoms with Crippen molar-refractivity contribution in [1.29, 1.82) is 0 Å². The van der Waals surface area contributed by atoms with Crippen molar-refractivity contribution >= 4 is 11.6 Å². The molecular formula is C14H20N2O3. The number of aliphatic hydroxyl groups is 1. The minimum Gasteiger partial charge on any atom is -0.496 e. The third kappa shape index (κ3) is 2.51. The average molecular weight is 264 g/mol. The van der Waals surface area contributed by atoms with Gasteiger partial charge in [0.1, 0.15) is 11.8 Å². The van der Waals surface area contributed by atoms with Crippen molar-refractivity contribution < 1.29 is 14.6 Å². The van der Waals surface area contributed by atoms with Crippen LogP contribution in [0.1, 0.15) is 31.4 Å². The third-order valence-electron chi connectivity index (χ3n) is 3.57. The Hall–Kier alpha value is -1.75. The number of hydrogen-bond donors (Lipinski definition) is 2. The fourth-order valence-corrected chi connectivity index (χ4v) is 2.73. The summed E-state index contributed by atoms with van der Waals surface area (Å²) in [7, 11) is 1.57. The number of amides is 1. The van der Waals surface area contributed by atoms with E-state index < -0.39 is 6.10 Å². The lowest BCUT2D eigenvalue weighted by molar-refractivity contribution is -0.119. The number of nitrogens with zero attached hydrogens (tertiary/aromatic N) is 1. The molecule has 0 aromatic heterocycles. The van der Waals surface area contributed by atoms with E-state index in [2.05, 4.69) is 0 Å². The Labute approximate surface area is 113 Å². The van der Waals surface area contributed by atoms with Gasteiger partial charge in [0.15, 0.2) is 0 Å². The molecule has 1 saturated heterocycles. The standard InChI is InChI=1S/C14H20N2O3/c1-9(17)13-10(5-3-7-12(13)19-2)16-8-4-6-11(16)14(15)18/h3,5,7,9,11,17H,4,6,8H2,1-2H3,(H2,15,18)/t9-,11?/m0/s1. The number of benzene rings is 1. The second-order valence-electron chi connectivity index (χ2n) is 4.82. The third-order valence-corrected chi connectivity index (χ3v) is 3.57. The lowest BCUT2D eigenvalue weighted by atomic mass is 10.0. The van der Waals surface area contributed by atoms with Gasteiger partial charge in [-0.15, -0.1) is 0 Å². The maximum absolute atomic E-state index is 11.5. The number of hydrogen-bond acceptors (Lipinski definition) is 4. The summed E-state index contributed by atoms with van der Waals surface area (Å²) in [5.74, 6) is 0.305. The number of methoxy groups -OCH3 is 1. The van der Waals surface area contributed by atoms with E-state index in [9.17, 15) is 9.90 Å². The van der Waals surface area contributed by atoms with E-state index in [1.807, 2.05) is 17.0 Å².